The number of benzene rings is 1. The highest BCUT2D eigenvalue weighted by atomic mass is 16.6. The lowest BCUT2D eigenvalue weighted by molar-refractivity contribution is -0.162. The Morgan fingerprint density at radius 2 is 2.00 bits per heavy atom. The molecule has 0 aliphatic carbocycles. The smallest absolute Gasteiger partial charge is 0.341 e. The molecule has 1 atom stereocenters. The molecule has 0 aliphatic rings. The van der Waals surface area contributed by atoms with E-state index < -0.39 is 18.9 Å². The Morgan fingerprint density at radius 3 is 2.54 bits per heavy atom. The van der Waals surface area contributed by atoms with Crippen LogP contribution in [-0.4, -0.2) is 23.0 Å². The lowest BCUT2D eigenvalue weighted by Crippen LogP contribution is -2.15. The van der Waals surface area contributed by atoms with Crippen molar-refractivity contribution in [3.8, 4) is 0 Å². The quantitative estimate of drug-likeness (QED) is 0.518. The van der Waals surface area contributed by atoms with E-state index in [9.17, 15) is 9.90 Å². The van der Waals surface area contributed by atoms with Gasteiger partial charge in [0.2, 0.25) is 0 Å². The molecule has 0 unspecified atom stereocenters. The predicted molar refractivity (Wildman–Crippen MR) is 44.6 cm³/mol. The van der Waals surface area contributed by atoms with Crippen LogP contribution in [0, 0.1) is 0 Å². The number of ether oxygens (including phenoxy) is 1. The maximum atomic E-state index is 10.9. The monoisotopic (exact) mass is 182 g/mol. The highest BCUT2D eigenvalue weighted by Crippen LogP contribution is 2.12. The Kier molecular flexibility index (Phi) is 3.42. The number of hydrogen-bond donors (Lipinski definition) is 2. The van der Waals surface area contributed by atoms with Gasteiger partial charge in [0.15, 0.2) is 12.9 Å². The zero-order valence-corrected chi connectivity index (χ0v) is 6.88. The minimum Gasteiger partial charge on any atom is -0.437 e. The fraction of sp³-hybridized carbons (Fsp3) is 0.222. The normalized spacial score (nSPS) is 12.2. The summed E-state index contributed by atoms with van der Waals surface area (Å²) in [6.07, 6.45) is -1.33. The summed E-state index contributed by atoms with van der Waals surface area (Å²) in [4.78, 5) is 10.9. The van der Waals surface area contributed by atoms with Crippen molar-refractivity contribution in [2.75, 3.05) is 6.79 Å². The second kappa shape index (κ2) is 4.59. The summed E-state index contributed by atoms with van der Waals surface area (Å²) in [5.74, 6) is -0.853. The van der Waals surface area contributed by atoms with Gasteiger partial charge in [0.1, 0.15) is 0 Å². The van der Waals surface area contributed by atoms with Gasteiger partial charge < -0.3 is 14.9 Å². The SMILES string of the molecule is O=C(OCO)[C@H](O)c1ccccc1. The third-order valence-electron chi connectivity index (χ3n) is 1.55. The lowest BCUT2D eigenvalue weighted by atomic mass is 10.1. The topological polar surface area (TPSA) is 66.8 Å². The number of carbonyl (C=O) groups excluding carboxylic acids is 1. The first kappa shape index (κ1) is 9.70. The zero-order valence-electron chi connectivity index (χ0n) is 6.88. The van der Waals surface area contributed by atoms with E-state index in [0.29, 0.717) is 5.56 Å². The molecule has 1 rings (SSSR count). The minimum absolute atomic E-state index is 0.445. The maximum absolute atomic E-state index is 10.9. The van der Waals surface area contributed by atoms with E-state index in [4.69, 9.17) is 5.11 Å². The van der Waals surface area contributed by atoms with E-state index in [1.165, 1.54) is 0 Å². The van der Waals surface area contributed by atoms with Gasteiger partial charge in [-0.1, -0.05) is 30.3 Å². The number of aliphatic hydroxyl groups excluding tert-OH is 2. The third-order valence-corrected chi connectivity index (χ3v) is 1.55. The predicted octanol–water partition coefficient (Wildman–Crippen LogP) is 0.213. The number of hydrogen-bond acceptors (Lipinski definition) is 4. The number of rotatable bonds is 3. The van der Waals surface area contributed by atoms with Crippen molar-refractivity contribution in [2.45, 2.75) is 6.10 Å². The first-order chi connectivity index (χ1) is 6.25. The summed E-state index contributed by atoms with van der Waals surface area (Å²) in [6, 6.07) is 8.37. The molecule has 0 aromatic heterocycles. The molecular formula is C9H10O4. The number of carbonyl (C=O) groups is 1. The van der Waals surface area contributed by atoms with Gasteiger partial charge in [-0.2, -0.15) is 0 Å². The van der Waals surface area contributed by atoms with Gasteiger partial charge in [-0.15, -0.1) is 0 Å². The van der Waals surface area contributed by atoms with Crippen LogP contribution in [-0.2, 0) is 9.53 Å². The molecule has 13 heavy (non-hydrogen) atoms. The highest BCUT2D eigenvalue weighted by molar-refractivity contribution is 5.76. The number of aliphatic hydroxyl groups is 2. The van der Waals surface area contributed by atoms with E-state index >= 15 is 0 Å². The summed E-state index contributed by atoms with van der Waals surface area (Å²) >= 11 is 0. The molecule has 1 aromatic rings. The Bertz CT molecular complexity index is 270. The summed E-state index contributed by atoms with van der Waals surface area (Å²) in [5, 5.41) is 17.6. The Balaban J connectivity index is 2.68. The fourth-order valence-electron chi connectivity index (χ4n) is 0.914. The van der Waals surface area contributed by atoms with Gasteiger partial charge in [0.25, 0.3) is 0 Å². The Labute approximate surface area is 75.4 Å². The molecule has 0 saturated carbocycles. The van der Waals surface area contributed by atoms with Gasteiger partial charge in [0.05, 0.1) is 0 Å². The average molecular weight is 182 g/mol. The molecule has 0 radical (unpaired) electrons. The van der Waals surface area contributed by atoms with Gasteiger partial charge >= 0.3 is 5.97 Å². The molecule has 4 heteroatoms. The largest absolute Gasteiger partial charge is 0.437 e. The average Bonchev–Trinajstić information content (AvgIpc) is 2.18. The summed E-state index contributed by atoms with van der Waals surface area (Å²) < 4.78 is 4.22. The molecule has 0 heterocycles. The maximum Gasteiger partial charge on any atom is 0.341 e. The van der Waals surface area contributed by atoms with Crippen LogP contribution >= 0.6 is 0 Å². The molecular weight excluding hydrogens is 172 g/mol. The molecule has 0 saturated heterocycles. The van der Waals surface area contributed by atoms with Crippen molar-refractivity contribution in [3.05, 3.63) is 35.9 Å². The minimum atomic E-state index is -1.33. The van der Waals surface area contributed by atoms with Crippen LogP contribution in [0.2, 0.25) is 0 Å². The molecule has 70 valence electrons. The first-order valence-electron chi connectivity index (χ1n) is 3.76. The van der Waals surface area contributed by atoms with E-state index in [1.807, 2.05) is 0 Å². The first-order valence-corrected chi connectivity index (χ1v) is 3.76. The third kappa shape index (κ3) is 2.54. The van der Waals surface area contributed by atoms with Crippen LogP contribution in [0.3, 0.4) is 0 Å². The standard InChI is InChI=1S/C9H10O4/c10-6-13-9(12)8(11)7-4-2-1-3-5-7/h1-5,8,10-11H,6H2/t8-/m1/s1. The highest BCUT2D eigenvalue weighted by Gasteiger charge is 2.17. The number of esters is 1. The van der Waals surface area contributed by atoms with E-state index in [0.717, 1.165) is 0 Å². The zero-order chi connectivity index (χ0) is 9.68. The molecule has 1 aromatic carbocycles. The van der Waals surface area contributed by atoms with Gasteiger partial charge in [-0.05, 0) is 5.56 Å². The molecule has 2 N–H and O–H groups in total. The molecule has 0 bridgehead atoms. The molecule has 0 amide bonds. The lowest BCUT2D eigenvalue weighted by Gasteiger charge is -2.08. The van der Waals surface area contributed by atoms with Crippen LogP contribution in [0.25, 0.3) is 0 Å². The molecule has 0 spiro atoms. The van der Waals surface area contributed by atoms with Gasteiger partial charge in [-0.25, -0.2) is 4.79 Å². The second-order valence-electron chi connectivity index (χ2n) is 2.41. The molecule has 4 nitrogen and oxygen atoms in total. The second-order valence-corrected chi connectivity index (χ2v) is 2.41. The van der Waals surface area contributed by atoms with Crippen molar-refractivity contribution in [1.82, 2.24) is 0 Å². The van der Waals surface area contributed by atoms with Gasteiger partial charge in [-0.3, -0.25) is 0 Å². The van der Waals surface area contributed by atoms with Crippen LogP contribution in [0.15, 0.2) is 30.3 Å². The summed E-state index contributed by atoms with van der Waals surface area (Å²) in [7, 11) is 0. The van der Waals surface area contributed by atoms with Crippen LogP contribution in [0.5, 0.6) is 0 Å². The van der Waals surface area contributed by atoms with Gasteiger partial charge in [0, 0.05) is 0 Å². The van der Waals surface area contributed by atoms with Crippen molar-refractivity contribution in [2.24, 2.45) is 0 Å². The van der Waals surface area contributed by atoms with Crippen molar-refractivity contribution >= 4 is 5.97 Å². The van der Waals surface area contributed by atoms with Crippen LogP contribution < -0.4 is 0 Å². The van der Waals surface area contributed by atoms with Crippen molar-refractivity contribution in [3.63, 3.8) is 0 Å². The van der Waals surface area contributed by atoms with Crippen molar-refractivity contribution in [1.29, 1.82) is 0 Å². The van der Waals surface area contributed by atoms with Crippen molar-refractivity contribution < 1.29 is 19.7 Å². The molecule has 0 fully saturated rings. The van der Waals surface area contributed by atoms with E-state index in [-0.39, 0.29) is 0 Å². The van der Waals surface area contributed by atoms with E-state index in [1.54, 1.807) is 30.3 Å². The van der Waals surface area contributed by atoms with Crippen LogP contribution in [0.1, 0.15) is 11.7 Å². The van der Waals surface area contributed by atoms with Crippen LogP contribution in [0.4, 0.5) is 0 Å². The fourth-order valence-corrected chi connectivity index (χ4v) is 0.914. The van der Waals surface area contributed by atoms with E-state index in [2.05, 4.69) is 4.74 Å². The summed E-state index contributed by atoms with van der Waals surface area (Å²) in [6.45, 7) is -0.720. The Hall–Kier alpha value is -1.39. The summed E-state index contributed by atoms with van der Waals surface area (Å²) in [5.41, 5.74) is 0.445. The molecule has 0 aliphatic heterocycles. The Morgan fingerprint density at radius 1 is 1.38 bits per heavy atom.